The quantitative estimate of drug-likeness (QED) is 0.181. The summed E-state index contributed by atoms with van der Waals surface area (Å²) in [6.45, 7) is 14.4. The minimum atomic E-state index is -0.635. The molecular weight excluding hydrogens is 542 g/mol. The van der Waals surface area contributed by atoms with E-state index in [1.54, 1.807) is 28.8 Å². The van der Waals surface area contributed by atoms with E-state index in [1.807, 2.05) is 16.7 Å². The van der Waals surface area contributed by atoms with Gasteiger partial charge >= 0.3 is 0 Å². The number of aliphatic hydroxyl groups excluding tert-OH is 1. The molecule has 3 rings (SSSR count). The molecule has 7 nitrogen and oxygen atoms in total. The van der Waals surface area contributed by atoms with E-state index >= 15 is 0 Å². The molecule has 1 spiro atoms. The monoisotopic (exact) mass is 583 g/mol. The normalized spacial score (nSPS) is 30.4. The lowest BCUT2D eigenvalue weighted by Gasteiger charge is -2.38. The van der Waals surface area contributed by atoms with Crippen LogP contribution in [0.5, 0.6) is 0 Å². The van der Waals surface area contributed by atoms with Crippen LogP contribution in [0.2, 0.25) is 0 Å². The molecule has 3 heterocycles. The maximum absolute atomic E-state index is 14.2. The van der Waals surface area contributed by atoms with Crippen molar-refractivity contribution in [1.82, 2.24) is 14.7 Å². The van der Waals surface area contributed by atoms with Crippen LogP contribution < -0.4 is 0 Å². The minimum Gasteiger partial charge on any atom is -0.396 e. The van der Waals surface area contributed by atoms with E-state index in [0.29, 0.717) is 52.0 Å². The van der Waals surface area contributed by atoms with E-state index in [-0.39, 0.29) is 34.4 Å². The van der Waals surface area contributed by atoms with Gasteiger partial charge in [-0.2, -0.15) is 0 Å². The van der Waals surface area contributed by atoms with E-state index < -0.39 is 22.6 Å². The lowest BCUT2D eigenvalue weighted by atomic mass is 9.70. The Hall–Kier alpha value is -1.32. The van der Waals surface area contributed by atoms with Gasteiger partial charge in [0.1, 0.15) is 6.04 Å². The van der Waals surface area contributed by atoms with E-state index in [2.05, 4.69) is 36.0 Å². The van der Waals surface area contributed by atoms with Crippen molar-refractivity contribution in [1.29, 1.82) is 0 Å². The molecule has 3 aliphatic rings. The van der Waals surface area contributed by atoms with Crippen molar-refractivity contribution in [3.63, 3.8) is 0 Å². The standard InChI is InChI=1S/C27H42BrN3O4S/c1-5-9-15-30(14-8-4)26(35)23-27-18-19(28)22(36-27)20(24(33)29(12-6-2)13-7-3)21(27)25(34)31(23)16-10-11-17-32/h6,8,19-23,32H,2,4-5,7,9-18H2,1,3H3/t19?,20-,21-,22-,23?,27?/m0/s1. The topological polar surface area (TPSA) is 81.2 Å². The number of nitrogens with zero attached hydrogens (tertiary/aromatic N) is 3. The van der Waals surface area contributed by atoms with Crippen molar-refractivity contribution in [2.75, 3.05) is 39.3 Å². The van der Waals surface area contributed by atoms with Crippen LogP contribution >= 0.6 is 27.7 Å². The summed E-state index contributed by atoms with van der Waals surface area (Å²) in [5.41, 5.74) is 0. The largest absolute Gasteiger partial charge is 0.396 e. The number of carbonyl (C=O) groups is 3. The lowest BCUT2D eigenvalue weighted by Crippen LogP contribution is -2.56. The number of halogens is 1. The molecule has 0 aliphatic carbocycles. The third-order valence-corrected chi connectivity index (χ3v) is 10.9. The van der Waals surface area contributed by atoms with E-state index in [4.69, 9.17) is 0 Å². The fourth-order valence-electron chi connectivity index (χ4n) is 6.22. The van der Waals surface area contributed by atoms with Gasteiger partial charge in [-0.3, -0.25) is 14.4 Å². The minimum absolute atomic E-state index is 0.00374. The van der Waals surface area contributed by atoms with Gasteiger partial charge in [-0.25, -0.2) is 0 Å². The predicted molar refractivity (Wildman–Crippen MR) is 149 cm³/mol. The molecule has 3 unspecified atom stereocenters. The van der Waals surface area contributed by atoms with Crippen molar-refractivity contribution in [3.05, 3.63) is 25.3 Å². The zero-order chi connectivity index (χ0) is 26.5. The molecule has 0 aromatic heterocycles. The van der Waals surface area contributed by atoms with Crippen LogP contribution in [0.25, 0.3) is 0 Å². The van der Waals surface area contributed by atoms with Crippen LogP contribution in [0, 0.1) is 11.8 Å². The molecule has 9 heteroatoms. The van der Waals surface area contributed by atoms with Crippen molar-refractivity contribution in [2.24, 2.45) is 11.8 Å². The first-order valence-electron chi connectivity index (χ1n) is 13.3. The van der Waals surface area contributed by atoms with Gasteiger partial charge in [0.15, 0.2) is 0 Å². The van der Waals surface area contributed by atoms with Gasteiger partial charge in [-0.15, -0.1) is 24.9 Å². The number of alkyl halides is 1. The first kappa shape index (κ1) is 29.2. The lowest BCUT2D eigenvalue weighted by molar-refractivity contribution is -0.144. The molecule has 3 fully saturated rings. The molecule has 0 radical (unpaired) electrons. The van der Waals surface area contributed by atoms with Gasteiger partial charge in [-0.05, 0) is 32.1 Å². The van der Waals surface area contributed by atoms with E-state index in [1.165, 1.54) is 0 Å². The number of hydrogen-bond donors (Lipinski definition) is 1. The van der Waals surface area contributed by atoms with Gasteiger partial charge in [0.05, 0.1) is 16.6 Å². The number of amides is 3. The third-order valence-electron chi connectivity index (χ3n) is 7.71. The number of unbranched alkanes of at least 4 members (excludes halogenated alkanes) is 2. The van der Waals surface area contributed by atoms with Gasteiger partial charge < -0.3 is 19.8 Å². The Morgan fingerprint density at radius 2 is 1.78 bits per heavy atom. The van der Waals surface area contributed by atoms with Crippen LogP contribution in [0.1, 0.15) is 52.4 Å². The van der Waals surface area contributed by atoms with Crippen LogP contribution in [-0.2, 0) is 14.4 Å². The number of thioether (sulfide) groups is 1. The second-order valence-electron chi connectivity index (χ2n) is 10.1. The van der Waals surface area contributed by atoms with Crippen LogP contribution in [0.3, 0.4) is 0 Å². The second-order valence-corrected chi connectivity index (χ2v) is 12.8. The summed E-state index contributed by atoms with van der Waals surface area (Å²) in [7, 11) is 0. The summed E-state index contributed by atoms with van der Waals surface area (Å²) in [6, 6.07) is -0.614. The fraction of sp³-hybridized carbons (Fsp3) is 0.741. The Morgan fingerprint density at radius 3 is 2.36 bits per heavy atom. The van der Waals surface area contributed by atoms with Crippen LogP contribution in [0.4, 0.5) is 0 Å². The molecule has 36 heavy (non-hydrogen) atoms. The van der Waals surface area contributed by atoms with Crippen molar-refractivity contribution in [3.8, 4) is 0 Å². The SMILES string of the molecule is C=CCN(CCCC)C(=O)C1N(CCCCO)C(=O)[C@@H]2[C@H](C(=O)N(CC=C)CCC)[C@H]3SC12CC3Br. The van der Waals surface area contributed by atoms with E-state index in [0.717, 1.165) is 19.3 Å². The Balaban J connectivity index is 2.03. The van der Waals surface area contributed by atoms with Crippen molar-refractivity contribution < 1.29 is 19.5 Å². The highest BCUT2D eigenvalue weighted by molar-refractivity contribution is 9.09. The fourth-order valence-corrected chi connectivity index (χ4v) is 9.82. The maximum Gasteiger partial charge on any atom is 0.247 e. The van der Waals surface area contributed by atoms with Crippen molar-refractivity contribution >= 4 is 45.4 Å². The van der Waals surface area contributed by atoms with Gasteiger partial charge in [-0.1, -0.05) is 48.4 Å². The Morgan fingerprint density at radius 1 is 1.11 bits per heavy atom. The highest BCUT2D eigenvalue weighted by Gasteiger charge is 2.75. The van der Waals surface area contributed by atoms with Gasteiger partial charge in [0.2, 0.25) is 17.7 Å². The van der Waals surface area contributed by atoms with Gasteiger partial charge in [0, 0.05) is 49.4 Å². The summed E-state index contributed by atoms with van der Waals surface area (Å²) in [5.74, 6) is -1.11. The van der Waals surface area contributed by atoms with Crippen LogP contribution in [-0.4, -0.2) is 97.7 Å². The molecule has 3 amide bonds. The Labute approximate surface area is 228 Å². The van der Waals surface area contributed by atoms with Crippen molar-refractivity contribution in [2.45, 2.75) is 73.2 Å². The summed E-state index contributed by atoms with van der Waals surface area (Å²) in [6.07, 6.45) is 8.02. The highest BCUT2D eigenvalue weighted by atomic mass is 79.9. The number of rotatable bonds is 15. The summed E-state index contributed by atoms with van der Waals surface area (Å²) >= 11 is 5.52. The second kappa shape index (κ2) is 13.0. The summed E-state index contributed by atoms with van der Waals surface area (Å²) in [5, 5.41) is 9.31. The molecular formula is C27H42BrN3O4S. The Kier molecular flexibility index (Phi) is 10.5. The predicted octanol–water partition coefficient (Wildman–Crippen LogP) is 3.46. The molecule has 6 atom stereocenters. The number of fused-ring (bicyclic) bond motifs is 1. The molecule has 2 bridgehead atoms. The van der Waals surface area contributed by atoms with Crippen LogP contribution in [0.15, 0.2) is 25.3 Å². The van der Waals surface area contributed by atoms with Gasteiger partial charge in [0.25, 0.3) is 0 Å². The molecule has 3 saturated heterocycles. The molecule has 0 aromatic carbocycles. The van der Waals surface area contributed by atoms with E-state index in [9.17, 15) is 19.5 Å². The average molecular weight is 585 g/mol. The Bertz CT molecular complexity index is 842. The zero-order valence-electron chi connectivity index (χ0n) is 21.7. The molecule has 0 saturated carbocycles. The number of carbonyl (C=O) groups excluding carboxylic acids is 3. The molecule has 0 aromatic rings. The highest BCUT2D eigenvalue weighted by Crippen LogP contribution is 2.68. The first-order valence-corrected chi connectivity index (χ1v) is 15.1. The first-order chi connectivity index (χ1) is 17.3. The summed E-state index contributed by atoms with van der Waals surface area (Å²) < 4.78 is -0.635. The zero-order valence-corrected chi connectivity index (χ0v) is 24.1. The number of aliphatic hydroxyl groups is 1. The number of likely N-dealkylation sites (tertiary alicyclic amines) is 1. The number of hydrogen-bond acceptors (Lipinski definition) is 5. The smallest absolute Gasteiger partial charge is 0.247 e. The third kappa shape index (κ3) is 5.30. The molecule has 1 N–H and O–H groups in total. The summed E-state index contributed by atoms with van der Waals surface area (Å²) in [4.78, 5) is 47.6. The molecule has 3 aliphatic heterocycles. The average Bonchev–Trinajstić information content (AvgIpc) is 3.44. The molecule has 202 valence electrons. The maximum atomic E-state index is 14.2.